The zero-order chi connectivity index (χ0) is 22.0. The maximum Gasteiger partial charge on any atom is 0.229 e. The van der Waals surface area contributed by atoms with Gasteiger partial charge in [-0.05, 0) is 73.1 Å². The van der Waals surface area contributed by atoms with Crippen molar-refractivity contribution in [1.82, 2.24) is 9.97 Å². The number of carbonyl (C=O) groups excluding carboxylic acids is 1. The second kappa shape index (κ2) is 9.06. The largest absolute Gasteiger partial charge is 0.508 e. The molecule has 3 aromatic rings. The Labute approximate surface area is 187 Å². The fraction of sp³-hybridized carbons (Fsp3) is 0.320. The molecule has 160 valence electrons. The first-order valence-electron chi connectivity index (χ1n) is 10.7. The number of phenols is 1. The molecule has 0 saturated carbocycles. The summed E-state index contributed by atoms with van der Waals surface area (Å²) in [5, 5.41) is 13.5. The number of hydrogen-bond acceptors (Lipinski definition) is 4. The van der Waals surface area contributed by atoms with Crippen molar-refractivity contribution in [2.75, 3.05) is 5.32 Å². The average molecular weight is 436 g/mol. The van der Waals surface area contributed by atoms with Crippen LogP contribution in [0.15, 0.2) is 42.5 Å². The number of halogens is 1. The minimum atomic E-state index is -0.125. The quantitative estimate of drug-likeness (QED) is 0.564. The second-order valence-corrected chi connectivity index (χ2v) is 8.90. The highest BCUT2D eigenvalue weighted by Gasteiger charge is 2.22. The number of rotatable bonds is 5. The van der Waals surface area contributed by atoms with Gasteiger partial charge in [-0.25, -0.2) is 9.97 Å². The summed E-state index contributed by atoms with van der Waals surface area (Å²) in [5.41, 5.74) is 5.53. The molecule has 0 unspecified atom stereocenters. The zero-order valence-corrected chi connectivity index (χ0v) is 18.5. The van der Waals surface area contributed by atoms with E-state index in [0.717, 1.165) is 53.0 Å². The number of aromatic nitrogens is 2. The fourth-order valence-electron chi connectivity index (χ4n) is 3.95. The highest BCUT2D eigenvalue weighted by molar-refractivity contribution is 6.30. The normalized spacial score (nSPS) is 12.8. The molecule has 2 N–H and O–H groups in total. The van der Waals surface area contributed by atoms with Crippen molar-refractivity contribution in [3.63, 3.8) is 0 Å². The van der Waals surface area contributed by atoms with Crippen LogP contribution in [0.4, 0.5) is 5.82 Å². The number of aryl methyl sites for hydroxylation is 2. The van der Waals surface area contributed by atoms with Crippen LogP contribution in [-0.2, 0) is 30.5 Å². The van der Waals surface area contributed by atoms with Crippen LogP contribution < -0.4 is 5.32 Å². The molecule has 1 amide bonds. The molecule has 2 aromatic carbocycles. The molecular formula is C25H26ClN3O2. The summed E-state index contributed by atoms with van der Waals surface area (Å²) in [5.74, 6) is 1.06. The van der Waals surface area contributed by atoms with Gasteiger partial charge in [-0.15, -0.1) is 0 Å². The van der Waals surface area contributed by atoms with Gasteiger partial charge in [0.2, 0.25) is 5.91 Å². The standard InChI is InChI=1S/C25H26ClN3O2/c1-15(2)12-22-25(29-23(31)13-16-6-8-18(26)9-7-16)28-21-5-3-4-17-14-19(30)10-11-20(17)24(21)27-22/h6-11,14-15,30H,3-5,12-13H2,1-2H3,(H,28,29,31). The van der Waals surface area contributed by atoms with Gasteiger partial charge in [0.15, 0.2) is 5.82 Å². The number of hydrogen-bond donors (Lipinski definition) is 2. The van der Waals surface area contributed by atoms with E-state index in [1.54, 1.807) is 18.2 Å². The van der Waals surface area contributed by atoms with Crippen LogP contribution in [0.2, 0.25) is 5.02 Å². The predicted octanol–water partition coefficient (Wildman–Crippen LogP) is 5.37. The molecule has 0 saturated heterocycles. The van der Waals surface area contributed by atoms with Crippen molar-refractivity contribution < 1.29 is 9.90 Å². The number of aromatic hydroxyl groups is 1. The van der Waals surface area contributed by atoms with Crippen molar-refractivity contribution in [3.8, 4) is 17.0 Å². The molecule has 0 aliphatic heterocycles. The number of anilines is 1. The summed E-state index contributed by atoms with van der Waals surface area (Å²) >= 11 is 5.94. The highest BCUT2D eigenvalue weighted by atomic mass is 35.5. The van der Waals surface area contributed by atoms with Crippen molar-refractivity contribution >= 4 is 23.3 Å². The Balaban J connectivity index is 1.68. The second-order valence-electron chi connectivity index (χ2n) is 8.46. The SMILES string of the molecule is CC(C)Cc1nc2c(nc1NC(=O)Cc1ccc(Cl)cc1)CCCc1cc(O)ccc1-2. The van der Waals surface area contributed by atoms with Crippen LogP contribution in [0.3, 0.4) is 0 Å². The zero-order valence-electron chi connectivity index (χ0n) is 17.8. The first kappa shape index (κ1) is 21.3. The Morgan fingerprint density at radius 2 is 1.90 bits per heavy atom. The molecule has 31 heavy (non-hydrogen) atoms. The maximum atomic E-state index is 12.7. The van der Waals surface area contributed by atoms with Crippen LogP contribution in [-0.4, -0.2) is 21.0 Å². The lowest BCUT2D eigenvalue weighted by Gasteiger charge is -2.16. The number of phenolic OH excluding ortho intramolecular Hbond substituents is 1. The van der Waals surface area contributed by atoms with Crippen LogP contribution >= 0.6 is 11.6 Å². The van der Waals surface area contributed by atoms with Gasteiger partial charge in [0.05, 0.1) is 23.5 Å². The van der Waals surface area contributed by atoms with Gasteiger partial charge in [0.25, 0.3) is 0 Å². The van der Waals surface area contributed by atoms with Gasteiger partial charge >= 0.3 is 0 Å². The van der Waals surface area contributed by atoms with Crippen LogP contribution in [0.1, 0.15) is 42.8 Å². The molecule has 0 spiro atoms. The summed E-state index contributed by atoms with van der Waals surface area (Å²) in [7, 11) is 0. The molecule has 0 bridgehead atoms. The van der Waals surface area contributed by atoms with Crippen LogP contribution in [0.25, 0.3) is 11.3 Å². The number of nitrogens with one attached hydrogen (secondary N) is 1. The number of nitrogens with zero attached hydrogens (tertiary/aromatic N) is 2. The Kier molecular flexibility index (Phi) is 6.23. The van der Waals surface area contributed by atoms with Crippen LogP contribution in [0, 0.1) is 5.92 Å². The third-order valence-electron chi connectivity index (χ3n) is 5.38. The van der Waals surface area contributed by atoms with Crippen molar-refractivity contribution in [2.24, 2.45) is 5.92 Å². The minimum absolute atomic E-state index is 0.125. The van der Waals surface area contributed by atoms with E-state index in [1.807, 2.05) is 24.3 Å². The first-order valence-corrected chi connectivity index (χ1v) is 11.0. The van der Waals surface area contributed by atoms with Gasteiger partial charge in [-0.1, -0.05) is 37.6 Å². The molecule has 0 atom stereocenters. The smallest absolute Gasteiger partial charge is 0.229 e. The lowest BCUT2D eigenvalue weighted by molar-refractivity contribution is -0.115. The molecule has 4 rings (SSSR count). The van der Waals surface area contributed by atoms with Gasteiger partial charge in [0, 0.05) is 10.6 Å². The van der Waals surface area contributed by atoms with Gasteiger partial charge < -0.3 is 10.4 Å². The average Bonchev–Trinajstić information content (AvgIpc) is 2.88. The number of benzene rings is 2. The molecule has 1 heterocycles. The molecule has 6 heteroatoms. The Hall–Kier alpha value is -2.92. The summed E-state index contributed by atoms with van der Waals surface area (Å²) in [4.78, 5) is 22.6. The van der Waals surface area contributed by atoms with E-state index >= 15 is 0 Å². The van der Waals surface area contributed by atoms with Crippen molar-refractivity contribution in [2.45, 2.75) is 46.0 Å². The molecule has 0 fully saturated rings. The Morgan fingerprint density at radius 1 is 1.13 bits per heavy atom. The van der Waals surface area contributed by atoms with E-state index in [0.29, 0.717) is 23.2 Å². The highest BCUT2D eigenvalue weighted by Crippen LogP contribution is 2.34. The number of fused-ring (bicyclic) bond motifs is 3. The summed E-state index contributed by atoms with van der Waals surface area (Å²) in [6.07, 6.45) is 3.52. The predicted molar refractivity (Wildman–Crippen MR) is 123 cm³/mol. The molecule has 1 aliphatic carbocycles. The summed E-state index contributed by atoms with van der Waals surface area (Å²) in [6, 6.07) is 12.7. The van der Waals surface area contributed by atoms with Gasteiger partial charge in [-0.3, -0.25) is 4.79 Å². The monoisotopic (exact) mass is 435 g/mol. The molecule has 1 aliphatic rings. The van der Waals surface area contributed by atoms with E-state index in [2.05, 4.69) is 19.2 Å². The van der Waals surface area contributed by atoms with Crippen molar-refractivity contribution in [1.29, 1.82) is 0 Å². The van der Waals surface area contributed by atoms with Crippen molar-refractivity contribution in [3.05, 3.63) is 70.0 Å². The number of amides is 1. The van der Waals surface area contributed by atoms with Crippen LogP contribution in [0.5, 0.6) is 5.75 Å². The molecule has 0 radical (unpaired) electrons. The summed E-state index contributed by atoms with van der Waals surface area (Å²) < 4.78 is 0. The lowest BCUT2D eigenvalue weighted by Crippen LogP contribution is -2.19. The van der Waals surface area contributed by atoms with Gasteiger partial charge in [0.1, 0.15) is 5.75 Å². The third-order valence-corrected chi connectivity index (χ3v) is 5.63. The Morgan fingerprint density at radius 3 is 2.65 bits per heavy atom. The lowest BCUT2D eigenvalue weighted by atomic mass is 10.0. The fourth-order valence-corrected chi connectivity index (χ4v) is 4.08. The summed E-state index contributed by atoms with van der Waals surface area (Å²) in [6.45, 7) is 4.25. The van der Waals surface area contributed by atoms with E-state index in [1.165, 1.54) is 0 Å². The maximum absolute atomic E-state index is 12.7. The van der Waals surface area contributed by atoms with E-state index in [9.17, 15) is 9.90 Å². The topological polar surface area (TPSA) is 75.1 Å². The number of carbonyl (C=O) groups is 1. The Bertz CT molecular complexity index is 1110. The van der Waals surface area contributed by atoms with Gasteiger partial charge in [-0.2, -0.15) is 0 Å². The molecular weight excluding hydrogens is 410 g/mol. The third kappa shape index (κ3) is 5.05. The molecule has 5 nitrogen and oxygen atoms in total. The van der Waals surface area contributed by atoms with E-state index < -0.39 is 0 Å². The molecule has 1 aromatic heterocycles. The van der Waals surface area contributed by atoms with E-state index in [4.69, 9.17) is 21.6 Å². The van der Waals surface area contributed by atoms with E-state index in [-0.39, 0.29) is 18.1 Å². The first-order chi connectivity index (χ1) is 14.9. The minimum Gasteiger partial charge on any atom is -0.508 e.